The lowest BCUT2D eigenvalue weighted by atomic mass is 10.3. The molecule has 5 heteroatoms. The van der Waals surface area contributed by atoms with Crippen molar-refractivity contribution in [3.05, 3.63) is 0 Å². The van der Waals surface area contributed by atoms with Gasteiger partial charge < -0.3 is 10.5 Å². The number of nitrogens with two attached hydrogens (primary N) is 1. The molecule has 0 rings (SSSR count). The van der Waals surface area contributed by atoms with Gasteiger partial charge in [0.25, 0.3) is 0 Å². The third kappa shape index (κ3) is 2.67. The Morgan fingerprint density at radius 3 is 2.00 bits per heavy atom. The van der Waals surface area contributed by atoms with Crippen LogP contribution in [-0.2, 0) is 4.74 Å². The van der Waals surface area contributed by atoms with E-state index in [9.17, 15) is 13.2 Å². The predicted octanol–water partition coefficient (Wildman–Crippen LogP) is 0.522. The van der Waals surface area contributed by atoms with E-state index in [0.29, 0.717) is 0 Å². The molecule has 0 spiro atoms. The van der Waals surface area contributed by atoms with Gasteiger partial charge in [0.15, 0.2) is 6.10 Å². The molecule has 0 aliphatic heterocycles. The Morgan fingerprint density at radius 1 is 1.56 bits per heavy atom. The summed E-state index contributed by atoms with van der Waals surface area (Å²) in [5.74, 6) is 0. The van der Waals surface area contributed by atoms with Gasteiger partial charge in [-0.25, -0.2) is 0 Å². The van der Waals surface area contributed by atoms with E-state index in [1.165, 1.54) is 0 Å². The molecule has 0 aromatic heterocycles. The van der Waals surface area contributed by atoms with Crippen LogP contribution in [0.15, 0.2) is 0 Å². The minimum absolute atomic E-state index is 0.528. The lowest BCUT2D eigenvalue weighted by molar-refractivity contribution is -0.208. The molecule has 0 aliphatic rings. The minimum Gasteiger partial charge on any atom is -0.371 e. The van der Waals surface area contributed by atoms with Crippen molar-refractivity contribution in [3.63, 3.8) is 0 Å². The summed E-state index contributed by atoms with van der Waals surface area (Å²) in [6.45, 7) is -0.528. The predicted molar refractivity (Wildman–Crippen MR) is 25.9 cm³/mol. The lowest BCUT2D eigenvalue weighted by Crippen LogP contribution is -2.37. The van der Waals surface area contributed by atoms with E-state index >= 15 is 0 Å². The summed E-state index contributed by atoms with van der Waals surface area (Å²) >= 11 is 0. The molecule has 0 aliphatic carbocycles. The molecule has 0 aromatic carbocycles. The van der Waals surface area contributed by atoms with Crippen LogP contribution < -0.4 is 5.73 Å². The molecule has 0 saturated carbocycles. The first-order valence-electron chi connectivity index (χ1n) is 2.32. The number of halogens is 3. The normalized spacial score (nSPS) is 15.7. The summed E-state index contributed by atoms with van der Waals surface area (Å²) < 4.78 is 38.6. The van der Waals surface area contributed by atoms with Gasteiger partial charge in [-0.05, 0) is 0 Å². The van der Waals surface area contributed by atoms with Gasteiger partial charge in [-0.15, -0.1) is 0 Å². The van der Waals surface area contributed by atoms with Crippen LogP contribution in [0.1, 0.15) is 0 Å². The average Bonchev–Trinajstić information content (AvgIpc) is 1.65. The van der Waals surface area contributed by atoms with Gasteiger partial charge in [-0.2, -0.15) is 13.2 Å². The summed E-state index contributed by atoms with van der Waals surface area (Å²) in [4.78, 5) is 0. The van der Waals surface area contributed by atoms with Gasteiger partial charge in [0.05, 0.1) is 0 Å². The molecule has 0 bridgehead atoms. The number of hydrogen-bond acceptors (Lipinski definition) is 2. The van der Waals surface area contributed by atoms with Crippen molar-refractivity contribution in [2.24, 2.45) is 5.73 Å². The highest BCUT2D eigenvalue weighted by molar-refractivity contribution is 4.66. The fourth-order valence-electron chi connectivity index (χ4n) is 0.363. The summed E-state index contributed by atoms with van der Waals surface area (Å²) in [5.41, 5.74) is 4.72. The highest BCUT2D eigenvalue weighted by Crippen LogP contribution is 2.20. The van der Waals surface area contributed by atoms with Crippen LogP contribution >= 0.6 is 0 Å². The first-order valence-corrected chi connectivity index (χ1v) is 2.32. The largest absolute Gasteiger partial charge is 0.415 e. The lowest BCUT2D eigenvalue weighted by Gasteiger charge is -2.15. The minimum atomic E-state index is -4.33. The highest BCUT2D eigenvalue weighted by atomic mass is 19.4. The molecule has 9 heavy (non-hydrogen) atoms. The second-order valence-corrected chi connectivity index (χ2v) is 1.50. The van der Waals surface area contributed by atoms with Gasteiger partial charge in [0.1, 0.15) is 0 Å². The van der Waals surface area contributed by atoms with Gasteiger partial charge in [-0.1, -0.05) is 0 Å². The van der Waals surface area contributed by atoms with Crippen LogP contribution in [0, 0.1) is 0 Å². The zero-order valence-corrected chi connectivity index (χ0v) is 4.90. The van der Waals surface area contributed by atoms with E-state index in [1.54, 1.807) is 0 Å². The smallest absolute Gasteiger partial charge is 0.371 e. The zero-order chi connectivity index (χ0) is 7.49. The molecule has 0 amide bonds. The molecule has 2 N–H and O–H groups in total. The topological polar surface area (TPSA) is 35.2 Å². The molecular weight excluding hydrogens is 135 g/mol. The van der Waals surface area contributed by atoms with E-state index < -0.39 is 18.8 Å². The van der Waals surface area contributed by atoms with Crippen molar-refractivity contribution < 1.29 is 17.9 Å². The monoisotopic (exact) mass is 143 g/mol. The standard InChI is InChI=1S/C4H8F3NO/c1-9-3(2-8)4(5,6)7/h3H,2,8H2,1H3/t3-/m1/s1. The van der Waals surface area contributed by atoms with E-state index in [4.69, 9.17) is 5.73 Å². The van der Waals surface area contributed by atoms with Crippen molar-refractivity contribution in [2.45, 2.75) is 12.3 Å². The molecule has 0 aromatic rings. The van der Waals surface area contributed by atoms with Crippen molar-refractivity contribution in [1.82, 2.24) is 0 Å². The van der Waals surface area contributed by atoms with Crippen molar-refractivity contribution in [1.29, 1.82) is 0 Å². The molecule has 2 nitrogen and oxygen atoms in total. The fourth-order valence-corrected chi connectivity index (χ4v) is 0.363. The molecule has 0 heterocycles. The zero-order valence-electron chi connectivity index (χ0n) is 4.90. The van der Waals surface area contributed by atoms with Crippen LogP contribution in [0.3, 0.4) is 0 Å². The highest BCUT2D eigenvalue weighted by Gasteiger charge is 2.38. The Kier molecular flexibility index (Phi) is 2.93. The second kappa shape index (κ2) is 3.03. The number of ether oxygens (including phenoxy) is 1. The fraction of sp³-hybridized carbons (Fsp3) is 1.00. The summed E-state index contributed by atoms with van der Waals surface area (Å²) in [7, 11) is 0.977. The number of alkyl halides is 3. The second-order valence-electron chi connectivity index (χ2n) is 1.50. The summed E-state index contributed by atoms with van der Waals surface area (Å²) in [6.07, 6.45) is -6.15. The maximum absolute atomic E-state index is 11.5. The van der Waals surface area contributed by atoms with Crippen LogP contribution in [0.4, 0.5) is 13.2 Å². The summed E-state index contributed by atoms with van der Waals surface area (Å²) in [5, 5.41) is 0. The summed E-state index contributed by atoms with van der Waals surface area (Å²) in [6, 6.07) is 0. The number of methoxy groups -OCH3 is 1. The molecule has 0 unspecified atom stereocenters. The Balaban J connectivity index is 3.79. The van der Waals surface area contributed by atoms with Crippen LogP contribution in [-0.4, -0.2) is 25.9 Å². The average molecular weight is 143 g/mol. The Labute approximate surface area is 50.8 Å². The molecule has 0 radical (unpaired) electrons. The first-order chi connectivity index (χ1) is 4.02. The molecule has 0 saturated heterocycles. The van der Waals surface area contributed by atoms with Crippen LogP contribution in [0.5, 0.6) is 0 Å². The van der Waals surface area contributed by atoms with Crippen LogP contribution in [0.2, 0.25) is 0 Å². The number of hydrogen-bond donors (Lipinski definition) is 1. The van der Waals surface area contributed by atoms with E-state index in [1.807, 2.05) is 0 Å². The third-order valence-electron chi connectivity index (χ3n) is 0.864. The van der Waals surface area contributed by atoms with Crippen molar-refractivity contribution in [3.8, 4) is 0 Å². The molecular formula is C4H8F3NO. The number of rotatable bonds is 2. The van der Waals surface area contributed by atoms with E-state index in [0.717, 1.165) is 7.11 Å². The Morgan fingerprint density at radius 2 is 2.00 bits per heavy atom. The van der Waals surface area contributed by atoms with Gasteiger partial charge >= 0.3 is 6.18 Å². The SMILES string of the molecule is CO[C@H](CN)C(F)(F)F. The Bertz CT molecular complexity index is 78.4. The maximum atomic E-state index is 11.5. The van der Waals surface area contributed by atoms with Crippen molar-refractivity contribution >= 4 is 0 Å². The quantitative estimate of drug-likeness (QED) is 0.611. The first kappa shape index (κ1) is 8.71. The maximum Gasteiger partial charge on any atom is 0.415 e. The molecule has 1 atom stereocenters. The van der Waals surface area contributed by atoms with E-state index in [2.05, 4.69) is 4.74 Å². The third-order valence-corrected chi connectivity index (χ3v) is 0.864. The molecule has 0 fully saturated rings. The van der Waals surface area contributed by atoms with Gasteiger partial charge in [0.2, 0.25) is 0 Å². The van der Waals surface area contributed by atoms with Gasteiger partial charge in [-0.3, -0.25) is 0 Å². The van der Waals surface area contributed by atoms with Crippen LogP contribution in [0.25, 0.3) is 0 Å². The van der Waals surface area contributed by atoms with E-state index in [-0.39, 0.29) is 0 Å². The van der Waals surface area contributed by atoms with Gasteiger partial charge in [0, 0.05) is 13.7 Å². The Hall–Kier alpha value is -0.290. The van der Waals surface area contributed by atoms with Crippen molar-refractivity contribution in [2.75, 3.05) is 13.7 Å². The molecule has 56 valence electrons.